The largest absolute Gasteiger partial charge is 0.335 e. The highest BCUT2D eigenvalue weighted by atomic mass is 15.1. The van der Waals surface area contributed by atoms with Crippen LogP contribution in [0.4, 0.5) is 0 Å². The monoisotopic (exact) mass is 261 g/mol. The van der Waals surface area contributed by atoms with Crippen LogP contribution >= 0.6 is 0 Å². The normalized spacial score (nSPS) is 25.1. The SMILES string of the molecule is Cn1c(CC2CCCCCC2)nc2c1CCC(N)C2. The molecule has 2 aliphatic rings. The summed E-state index contributed by atoms with van der Waals surface area (Å²) in [5.41, 5.74) is 8.80. The zero-order chi connectivity index (χ0) is 13.2. The molecule has 0 aromatic carbocycles. The first-order valence-corrected chi connectivity index (χ1v) is 8.03. The molecule has 1 aromatic heterocycles. The predicted octanol–water partition coefficient (Wildman–Crippen LogP) is 2.75. The Morgan fingerprint density at radius 3 is 2.63 bits per heavy atom. The van der Waals surface area contributed by atoms with E-state index in [1.807, 2.05) is 0 Å². The lowest BCUT2D eigenvalue weighted by Crippen LogP contribution is -2.28. The number of hydrogen-bond acceptors (Lipinski definition) is 2. The Hall–Kier alpha value is -0.830. The Labute approximate surface area is 116 Å². The Kier molecular flexibility index (Phi) is 3.92. The van der Waals surface area contributed by atoms with Crippen LogP contribution in [0.3, 0.4) is 0 Å². The molecule has 2 N–H and O–H groups in total. The van der Waals surface area contributed by atoms with E-state index in [9.17, 15) is 0 Å². The van der Waals surface area contributed by atoms with Gasteiger partial charge in [-0.3, -0.25) is 0 Å². The number of aromatic nitrogens is 2. The number of imidazole rings is 1. The van der Waals surface area contributed by atoms with Crippen molar-refractivity contribution in [1.82, 2.24) is 9.55 Å². The molecule has 0 amide bonds. The van der Waals surface area contributed by atoms with Gasteiger partial charge in [0, 0.05) is 31.6 Å². The van der Waals surface area contributed by atoms with Crippen molar-refractivity contribution < 1.29 is 0 Å². The van der Waals surface area contributed by atoms with E-state index < -0.39 is 0 Å². The van der Waals surface area contributed by atoms with E-state index >= 15 is 0 Å². The molecule has 0 bridgehead atoms. The summed E-state index contributed by atoms with van der Waals surface area (Å²) in [6, 6.07) is 0.327. The van der Waals surface area contributed by atoms with Crippen molar-refractivity contribution in [3.05, 3.63) is 17.2 Å². The van der Waals surface area contributed by atoms with E-state index in [-0.39, 0.29) is 0 Å². The van der Waals surface area contributed by atoms with Crippen molar-refractivity contribution in [2.45, 2.75) is 70.3 Å². The Morgan fingerprint density at radius 1 is 1.16 bits per heavy atom. The highest BCUT2D eigenvalue weighted by Gasteiger charge is 2.23. The van der Waals surface area contributed by atoms with Crippen LogP contribution in [-0.2, 0) is 26.3 Å². The van der Waals surface area contributed by atoms with Gasteiger partial charge in [0.2, 0.25) is 0 Å². The lowest BCUT2D eigenvalue weighted by atomic mass is 9.96. The summed E-state index contributed by atoms with van der Waals surface area (Å²) in [5.74, 6) is 2.17. The van der Waals surface area contributed by atoms with Crippen LogP contribution in [0.15, 0.2) is 0 Å². The fourth-order valence-corrected chi connectivity index (χ4v) is 3.80. The number of rotatable bonds is 2. The molecule has 1 fully saturated rings. The summed E-state index contributed by atoms with van der Waals surface area (Å²) in [7, 11) is 2.20. The third-order valence-corrected chi connectivity index (χ3v) is 5.04. The van der Waals surface area contributed by atoms with E-state index in [1.165, 1.54) is 62.2 Å². The standard InChI is InChI=1S/C16H27N3/c1-19-15-9-8-13(17)11-14(15)18-16(19)10-12-6-4-2-3-5-7-12/h12-13H,2-11,17H2,1H3. The molecule has 1 aromatic rings. The second-order valence-corrected chi connectivity index (χ2v) is 6.55. The minimum atomic E-state index is 0.327. The van der Waals surface area contributed by atoms with E-state index in [4.69, 9.17) is 10.7 Å². The third kappa shape index (κ3) is 2.86. The summed E-state index contributed by atoms with van der Waals surface area (Å²) in [6.07, 6.45) is 12.9. The molecule has 1 saturated carbocycles. The van der Waals surface area contributed by atoms with E-state index in [2.05, 4.69) is 11.6 Å². The molecular formula is C16H27N3. The minimum Gasteiger partial charge on any atom is -0.335 e. The minimum absolute atomic E-state index is 0.327. The molecule has 3 nitrogen and oxygen atoms in total. The summed E-state index contributed by atoms with van der Waals surface area (Å²) < 4.78 is 2.37. The number of nitrogens with two attached hydrogens (primary N) is 1. The Balaban J connectivity index is 1.74. The van der Waals surface area contributed by atoms with Gasteiger partial charge in [-0.15, -0.1) is 0 Å². The van der Waals surface area contributed by atoms with Gasteiger partial charge in [-0.25, -0.2) is 4.98 Å². The van der Waals surface area contributed by atoms with Gasteiger partial charge in [0.1, 0.15) is 5.82 Å². The molecule has 3 heteroatoms. The van der Waals surface area contributed by atoms with Gasteiger partial charge in [-0.2, -0.15) is 0 Å². The van der Waals surface area contributed by atoms with Crippen LogP contribution in [0, 0.1) is 5.92 Å². The van der Waals surface area contributed by atoms with Crippen molar-refractivity contribution >= 4 is 0 Å². The van der Waals surface area contributed by atoms with Crippen molar-refractivity contribution in [3.8, 4) is 0 Å². The molecule has 1 unspecified atom stereocenters. The van der Waals surface area contributed by atoms with Gasteiger partial charge in [0.25, 0.3) is 0 Å². The van der Waals surface area contributed by atoms with Crippen molar-refractivity contribution in [1.29, 1.82) is 0 Å². The first-order valence-electron chi connectivity index (χ1n) is 8.03. The smallest absolute Gasteiger partial charge is 0.109 e. The zero-order valence-corrected chi connectivity index (χ0v) is 12.2. The van der Waals surface area contributed by atoms with Crippen molar-refractivity contribution in [3.63, 3.8) is 0 Å². The van der Waals surface area contributed by atoms with Crippen LogP contribution in [0.25, 0.3) is 0 Å². The van der Waals surface area contributed by atoms with Gasteiger partial charge in [0.05, 0.1) is 5.69 Å². The maximum atomic E-state index is 6.06. The van der Waals surface area contributed by atoms with Crippen LogP contribution < -0.4 is 5.73 Å². The summed E-state index contributed by atoms with van der Waals surface area (Å²) in [6.45, 7) is 0. The Bertz CT molecular complexity index is 427. The van der Waals surface area contributed by atoms with Crippen LogP contribution in [-0.4, -0.2) is 15.6 Å². The van der Waals surface area contributed by atoms with Gasteiger partial charge >= 0.3 is 0 Å². The average molecular weight is 261 g/mol. The predicted molar refractivity (Wildman–Crippen MR) is 78.1 cm³/mol. The van der Waals surface area contributed by atoms with Crippen LogP contribution in [0.2, 0.25) is 0 Å². The molecular weight excluding hydrogens is 234 g/mol. The number of fused-ring (bicyclic) bond motifs is 1. The fourth-order valence-electron chi connectivity index (χ4n) is 3.80. The summed E-state index contributed by atoms with van der Waals surface area (Å²) >= 11 is 0. The topological polar surface area (TPSA) is 43.8 Å². The Morgan fingerprint density at radius 2 is 1.89 bits per heavy atom. The second kappa shape index (κ2) is 5.66. The maximum Gasteiger partial charge on any atom is 0.109 e. The quantitative estimate of drug-likeness (QED) is 0.832. The molecule has 2 aliphatic carbocycles. The first-order chi connectivity index (χ1) is 9.24. The molecule has 0 spiro atoms. The number of nitrogens with zero attached hydrogens (tertiary/aromatic N) is 2. The van der Waals surface area contributed by atoms with Gasteiger partial charge in [-0.1, -0.05) is 38.5 Å². The first kappa shape index (κ1) is 13.2. The average Bonchev–Trinajstić information content (AvgIpc) is 2.58. The lowest BCUT2D eigenvalue weighted by molar-refractivity contribution is 0.442. The highest BCUT2D eigenvalue weighted by Crippen LogP contribution is 2.28. The third-order valence-electron chi connectivity index (χ3n) is 5.04. The molecule has 1 heterocycles. The summed E-state index contributed by atoms with van der Waals surface area (Å²) in [5, 5.41) is 0. The molecule has 106 valence electrons. The molecule has 3 rings (SSSR count). The highest BCUT2D eigenvalue weighted by molar-refractivity contribution is 5.21. The second-order valence-electron chi connectivity index (χ2n) is 6.55. The fraction of sp³-hybridized carbons (Fsp3) is 0.812. The van der Waals surface area contributed by atoms with Crippen molar-refractivity contribution in [2.75, 3.05) is 0 Å². The molecule has 19 heavy (non-hydrogen) atoms. The summed E-state index contributed by atoms with van der Waals surface area (Å²) in [4.78, 5) is 4.91. The van der Waals surface area contributed by atoms with Gasteiger partial charge in [-0.05, 0) is 18.8 Å². The molecule has 0 aliphatic heterocycles. The van der Waals surface area contributed by atoms with Gasteiger partial charge in [0.15, 0.2) is 0 Å². The molecule has 1 atom stereocenters. The van der Waals surface area contributed by atoms with Crippen LogP contribution in [0.5, 0.6) is 0 Å². The van der Waals surface area contributed by atoms with Gasteiger partial charge < -0.3 is 10.3 Å². The zero-order valence-electron chi connectivity index (χ0n) is 12.2. The van der Waals surface area contributed by atoms with E-state index in [1.54, 1.807) is 0 Å². The molecule has 0 radical (unpaired) electrons. The van der Waals surface area contributed by atoms with Crippen LogP contribution in [0.1, 0.15) is 62.2 Å². The number of hydrogen-bond donors (Lipinski definition) is 1. The molecule has 0 saturated heterocycles. The van der Waals surface area contributed by atoms with E-state index in [0.717, 1.165) is 25.2 Å². The van der Waals surface area contributed by atoms with Crippen molar-refractivity contribution in [2.24, 2.45) is 18.7 Å². The maximum absolute atomic E-state index is 6.06. The van der Waals surface area contributed by atoms with E-state index in [0.29, 0.717) is 6.04 Å². The lowest BCUT2D eigenvalue weighted by Gasteiger charge is -2.18.